The molecule has 1 unspecified atom stereocenters. The SMILES string of the molecule is CCCCCCCCCCC(N)c1ccc(C)cc1OC. The van der Waals surface area contributed by atoms with Crippen LogP contribution in [0.3, 0.4) is 0 Å². The zero-order chi connectivity index (χ0) is 15.5. The van der Waals surface area contributed by atoms with E-state index in [1.165, 1.54) is 56.9 Å². The predicted molar refractivity (Wildman–Crippen MR) is 91.9 cm³/mol. The third-order valence-electron chi connectivity index (χ3n) is 4.16. The first-order valence-corrected chi connectivity index (χ1v) is 8.59. The van der Waals surface area contributed by atoms with E-state index >= 15 is 0 Å². The third kappa shape index (κ3) is 6.99. The van der Waals surface area contributed by atoms with Crippen molar-refractivity contribution in [2.45, 2.75) is 77.7 Å². The second-order valence-corrected chi connectivity index (χ2v) is 6.12. The zero-order valence-electron chi connectivity index (χ0n) is 14.2. The van der Waals surface area contributed by atoms with Crippen molar-refractivity contribution in [2.24, 2.45) is 5.73 Å². The van der Waals surface area contributed by atoms with Gasteiger partial charge in [-0.2, -0.15) is 0 Å². The molecule has 0 radical (unpaired) electrons. The Kier molecular flexibility index (Phi) is 9.16. The van der Waals surface area contributed by atoms with E-state index in [2.05, 4.69) is 32.0 Å². The summed E-state index contributed by atoms with van der Waals surface area (Å²) in [5.41, 5.74) is 8.68. The van der Waals surface area contributed by atoms with Gasteiger partial charge in [-0.1, -0.05) is 70.4 Å². The van der Waals surface area contributed by atoms with Crippen LogP contribution in [0.5, 0.6) is 5.75 Å². The lowest BCUT2D eigenvalue weighted by atomic mass is 9.98. The monoisotopic (exact) mass is 291 g/mol. The van der Waals surface area contributed by atoms with Gasteiger partial charge in [0.25, 0.3) is 0 Å². The molecular weight excluding hydrogens is 258 g/mol. The maximum Gasteiger partial charge on any atom is 0.123 e. The van der Waals surface area contributed by atoms with Gasteiger partial charge in [-0.3, -0.25) is 0 Å². The number of hydrogen-bond donors (Lipinski definition) is 1. The van der Waals surface area contributed by atoms with Gasteiger partial charge in [0.05, 0.1) is 7.11 Å². The summed E-state index contributed by atoms with van der Waals surface area (Å²) in [6, 6.07) is 6.40. The van der Waals surface area contributed by atoms with Crippen molar-refractivity contribution in [1.82, 2.24) is 0 Å². The van der Waals surface area contributed by atoms with Gasteiger partial charge in [0.1, 0.15) is 5.75 Å². The van der Waals surface area contributed by atoms with Crippen LogP contribution in [-0.4, -0.2) is 7.11 Å². The molecule has 1 aromatic carbocycles. The van der Waals surface area contributed by atoms with Crippen molar-refractivity contribution in [1.29, 1.82) is 0 Å². The van der Waals surface area contributed by atoms with E-state index in [1.807, 2.05) is 0 Å². The Balaban J connectivity index is 2.23. The minimum atomic E-state index is 0.0978. The minimum absolute atomic E-state index is 0.0978. The van der Waals surface area contributed by atoms with E-state index in [0.29, 0.717) is 0 Å². The number of ether oxygens (including phenoxy) is 1. The van der Waals surface area contributed by atoms with E-state index < -0.39 is 0 Å². The van der Waals surface area contributed by atoms with Crippen LogP contribution >= 0.6 is 0 Å². The highest BCUT2D eigenvalue weighted by atomic mass is 16.5. The molecule has 0 fully saturated rings. The number of rotatable bonds is 11. The van der Waals surface area contributed by atoms with Gasteiger partial charge >= 0.3 is 0 Å². The van der Waals surface area contributed by atoms with Crippen LogP contribution in [0.25, 0.3) is 0 Å². The van der Waals surface area contributed by atoms with Gasteiger partial charge in [-0.05, 0) is 25.0 Å². The van der Waals surface area contributed by atoms with Gasteiger partial charge in [0.2, 0.25) is 0 Å². The Morgan fingerprint density at radius 3 is 2.24 bits per heavy atom. The van der Waals surface area contributed by atoms with Gasteiger partial charge in [-0.15, -0.1) is 0 Å². The molecule has 0 heterocycles. The van der Waals surface area contributed by atoms with Gasteiger partial charge in [0, 0.05) is 11.6 Å². The van der Waals surface area contributed by atoms with Crippen molar-refractivity contribution in [3.8, 4) is 5.75 Å². The number of nitrogens with two attached hydrogens (primary N) is 1. The molecule has 2 nitrogen and oxygen atoms in total. The molecule has 2 N–H and O–H groups in total. The summed E-state index contributed by atoms with van der Waals surface area (Å²) in [5, 5.41) is 0. The van der Waals surface area contributed by atoms with Crippen LogP contribution < -0.4 is 10.5 Å². The average molecular weight is 291 g/mol. The number of methoxy groups -OCH3 is 1. The molecular formula is C19H33NO. The highest BCUT2D eigenvalue weighted by molar-refractivity contribution is 5.39. The van der Waals surface area contributed by atoms with Crippen LogP contribution in [0.15, 0.2) is 18.2 Å². The summed E-state index contributed by atoms with van der Waals surface area (Å²) in [6.07, 6.45) is 11.8. The summed E-state index contributed by atoms with van der Waals surface area (Å²) >= 11 is 0. The molecule has 0 spiro atoms. The standard InChI is InChI=1S/C19H33NO/c1-4-5-6-7-8-9-10-11-12-18(20)17-14-13-16(2)15-19(17)21-3/h13-15,18H,4-12,20H2,1-3H3. The molecule has 120 valence electrons. The summed E-state index contributed by atoms with van der Waals surface area (Å²) in [7, 11) is 1.72. The molecule has 1 rings (SSSR count). The topological polar surface area (TPSA) is 35.2 Å². The fourth-order valence-electron chi connectivity index (χ4n) is 2.78. The first-order valence-electron chi connectivity index (χ1n) is 8.59. The van der Waals surface area contributed by atoms with Crippen LogP contribution in [0.2, 0.25) is 0 Å². The Morgan fingerprint density at radius 2 is 1.62 bits per heavy atom. The van der Waals surface area contributed by atoms with E-state index in [9.17, 15) is 0 Å². The van der Waals surface area contributed by atoms with E-state index in [1.54, 1.807) is 7.11 Å². The van der Waals surface area contributed by atoms with Gasteiger partial charge in [-0.25, -0.2) is 0 Å². The minimum Gasteiger partial charge on any atom is -0.496 e. The molecule has 21 heavy (non-hydrogen) atoms. The van der Waals surface area contributed by atoms with E-state index in [-0.39, 0.29) is 6.04 Å². The fourth-order valence-corrected chi connectivity index (χ4v) is 2.78. The molecule has 0 aliphatic heterocycles. The maximum absolute atomic E-state index is 6.32. The number of hydrogen-bond acceptors (Lipinski definition) is 2. The van der Waals surface area contributed by atoms with Crippen LogP contribution in [0, 0.1) is 6.92 Å². The first-order chi connectivity index (χ1) is 10.2. The third-order valence-corrected chi connectivity index (χ3v) is 4.16. The summed E-state index contributed by atoms with van der Waals surface area (Å²) in [6.45, 7) is 4.34. The highest BCUT2D eigenvalue weighted by Crippen LogP contribution is 2.28. The Bertz CT molecular complexity index is 389. The largest absolute Gasteiger partial charge is 0.496 e. The lowest BCUT2D eigenvalue weighted by Gasteiger charge is -2.16. The van der Waals surface area contributed by atoms with Crippen molar-refractivity contribution < 1.29 is 4.74 Å². The first kappa shape index (κ1) is 18.0. The Morgan fingerprint density at radius 1 is 1.00 bits per heavy atom. The van der Waals surface area contributed by atoms with Crippen molar-refractivity contribution in [2.75, 3.05) is 7.11 Å². The fraction of sp³-hybridized carbons (Fsp3) is 0.684. The maximum atomic E-state index is 6.32. The van der Waals surface area contributed by atoms with Crippen molar-refractivity contribution >= 4 is 0 Å². The molecule has 0 aliphatic carbocycles. The lowest BCUT2D eigenvalue weighted by molar-refractivity contribution is 0.402. The molecule has 0 bridgehead atoms. The van der Waals surface area contributed by atoms with Crippen LogP contribution in [0.4, 0.5) is 0 Å². The van der Waals surface area contributed by atoms with Crippen molar-refractivity contribution in [3.63, 3.8) is 0 Å². The predicted octanol–water partition coefficient (Wildman–Crippen LogP) is 5.53. The second-order valence-electron chi connectivity index (χ2n) is 6.12. The Labute approximate surface area is 131 Å². The molecule has 0 aromatic heterocycles. The molecule has 2 heteroatoms. The number of benzene rings is 1. The molecule has 0 aliphatic rings. The van der Waals surface area contributed by atoms with Crippen LogP contribution in [0.1, 0.15) is 81.9 Å². The van der Waals surface area contributed by atoms with Gasteiger partial charge in [0.15, 0.2) is 0 Å². The smallest absolute Gasteiger partial charge is 0.123 e. The van der Waals surface area contributed by atoms with Gasteiger partial charge < -0.3 is 10.5 Å². The Hall–Kier alpha value is -1.02. The van der Waals surface area contributed by atoms with E-state index in [0.717, 1.165) is 17.7 Å². The quantitative estimate of drug-likeness (QED) is 0.544. The molecule has 0 amide bonds. The average Bonchev–Trinajstić information content (AvgIpc) is 2.49. The zero-order valence-corrected chi connectivity index (χ0v) is 14.2. The molecule has 1 atom stereocenters. The molecule has 0 saturated carbocycles. The molecule has 1 aromatic rings. The summed E-state index contributed by atoms with van der Waals surface area (Å²) in [4.78, 5) is 0. The molecule has 0 saturated heterocycles. The highest BCUT2D eigenvalue weighted by Gasteiger charge is 2.11. The summed E-state index contributed by atoms with van der Waals surface area (Å²) in [5.74, 6) is 0.932. The normalized spacial score (nSPS) is 12.4. The second kappa shape index (κ2) is 10.7. The number of unbranched alkanes of at least 4 members (excludes halogenated alkanes) is 7. The number of aryl methyl sites for hydroxylation is 1. The van der Waals surface area contributed by atoms with Crippen LogP contribution in [-0.2, 0) is 0 Å². The van der Waals surface area contributed by atoms with Crippen molar-refractivity contribution in [3.05, 3.63) is 29.3 Å². The lowest BCUT2D eigenvalue weighted by Crippen LogP contribution is -2.11. The summed E-state index contributed by atoms with van der Waals surface area (Å²) < 4.78 is 5.45. The van der Waals surface area contributed by atoms with E-state index in [4.69, 9.17) is 10.5 Å².